The minimum atomic E-state index is -0.0662. The highest BCUT2D eigenvalue weighted by atomic mass is 32.2. The number of allylic oxidation sites excluding steroid dienone is 8. The van der Waals surface area contributed by atoms with Crippen molar-refractivity contribution in [2.24, 2.45) is 4.99 Å². The first-order valence-electron chi connectivity index (χ1n) is 17.7. The number of amidine groups is 1. The number of anilines is 1. The zero-order chi connectivity index (χ0) is 32.3. The first-order valence-corrected chi connectivity index (χ1v) is 18.8. The van der Waals surface area contributed by atoms with Crippen LogP contribution in [0.1, 0.15) is 49.1 Å². The lowest BCUT2D eigenvalue weighted by molar-refractivity contribution is 0.457. The van der Waals surface area contributed by atoms with Crippen molar-refractivity contribution >= 4 is 45.1 Å². The Balaban J connectivity index is 1.11. The summed E-state index contributed by atoms with van der Waals surface area (Å²) in [6.07, 6.45) is 27.9. The maximum atomic E-state index is 5.31. The lowest BCUT2D eigenvalue weighted by Gasteiger charge is -2.34. The molecule has 3 aliphatic heterocycles. The van der Waals surface area contributed by atoms with Gasteiger partial charge in [-0.2, -0.15) is 0 Å². The molecule has 6 heteroatoms. The SMILES string of the molecule is C1=CCCC(C2N=C(c3cccc(-n4c5ccccc5c5cc6c(cc54)N(C4C=CC=CC4)C4=CSCC46)c3)NC(C3=CCCC=C3)N2)=C1. The van der Waals surface area contributed by atoms with Crippen LogP contribution in [0.5, 0.6) is 0 Å². The smallest absolute Gasteiger partial charge is 0.131 e. The normalized spacial score (nSPS) is 25.6. The van der Waals surface area contributed by atoms with Crippen molar-refractivity contribution in [1.82, 2.24) is 15.2 Å². The van der Waals surface area contributed by atoms with Crippen LogP contribution in [0.15, 0.2) is 149 Å². The van der Waals surface area contributed by atoms with Gasteiger partial charge in [0.25, 0.3) is 0 Å². The van der Waals surface area contributed by atoms with E-state index in [-0.39, 0.29) is 12.3 Å². The molecule has 5 nitrogen and oxygen atoms in total. The third-order valence-corrected chi connectivity index (χ3v) is 11.8. The molecule has 0 amide bonds. The van der Waals surface area contributed by atoms with E-state index in [0.717, 1.165) is 54.9 Å². The Morgan fingerprint density at radius 2 is 1.84 bits per heavy atom. The van der Waals surface area contributed by atoms with E-state index in [4.69, 9.17) is 4.99 Å². The molecule has 0 saturated heterocycles. The molecular weight excluding hydrogens is 619 g/mol. The highest BCUT2D eigenvalue weighted by Gasteiger charge is 2.40. The van der Waals surface area contributed by atoms with E-state index >= 15 is 0 Å². The van der Waals surface area contributed by atoms with E-state index in [2.05, 4.69) is 147 Å². The summed E-state index contributed by atoms with van der Waals surface area (Å²) in [6, 6.07) is 23.2. The number of benzene rings is 3. The molecule has 1 aromatic heterocycles. The van der Waals surface area contributed by atoms with Gasteiger partial charge in [0.2, 0.25) is 0 Å². The third kappa shape index (κ3) is 4.92. The van der Waals surface area contributed by atoms with Crippen molar-refractivity contribution in [3.05, 3.63) is 155 Å². The van der Waals surface area contributed by atoms with Gasteiger partial charge in [-0.15, -0.1) is 11.8 Å². The van der Waals surface area contributed by atoms with Gasteiger partial charge in [0.15, 0.2) is 0 Å². The van der Waals surface area contributed by atoms with Gasteiger partial charge in [0, 0.05) is 45.1 Å². The summed E-state index contributed by atoms with van der Waals surface area (Å²) in [7, 11) is 0. The fraction of sp³-hybridized carbons (Fsp3) is 0.233. The monoisotopic (exact) mass is 657 g/mol. The van der Waals surface area contributed by atoms with Crippen molar-refractivity contribution in [3.8, 4) is 5.69 Å². The van der Waals surface area contributed by atoms with Gasteiger partial charge in [-0.05, 0) is 84.6 Å². The van der Waals surface area contributed by atoms with Crippen molar-refractivity contribution < 1.29 is 0 Å². The Kier molecular flexibility index (Phi) is 7.13. The first kappa shape index (κ1) is 29.2. The van der Waals surface area contributed by atoms with E-state index in [0.29, 0.717) is 12.0 Å². The minimum absolute atomic E-state index is 0.00178. The predicted octanol–water partition coefficient (Wildman–Crippen LogP) is 9.30. The predicted molar refractivity (Wildman–Crippen MR) is 207 cm³/mol. The highest BCUT2D eigenvalue weighted by molar-refractivity contribution is 8.02. The second-order valence-electron chi connectivity index (χ2n) is 13.8. The van der Waals surface area contributed by atoms with Crippen LogP contribution in [0.2, 0.25) is 0 Å². The van der Waals surface area contributed by atoms with Crippen molar-refractivity contribution in [2.75, 3.05) is 10.7 Å². The molecular formula is C43H39N5S. The molecule has 3 aromatic carbocycles. The summed E-state index contributed by atoms with van der Waals surface area (Å²) in [5.74, 6) is 2.50. The standard InChI is InChI=1S/C43H39N5S/c1-4-13-28(14-5-1)41-44-42(29-15-6-2-7-16-29)46-43(45-41)30-17-12-20-32(23-30)48-37-22-11-10-21-33(37)34-24-35-36-26-49-27-40(36)47(39(35)25-38(34)48)31-18-8-3-9-19-31/h1,3-4,6,8-13,15-18,20-25,27,31,36,41-42,44H,2,5,7,14,19,26H2,(H,45,46). The lowest BCUT2D eigenvalue weighted by atomic mass is 9.99. The lowest BCUT2D eigenvalue weighted by Crippen LogP contribution is -2.55. The zero-order valence-electron chi connectivity index (χ0n) is 27.4. The Labute approximate surface area is 291 Å². The molecule has 242 valence electrons. The summed E-state index contributed by atoms with van der Waals surface area (Å²) >= 11 is 1.96. The van der Waals surface area contributed by atoms with Gasteiger partial charge in [-0.3, -0.25) is 5.32 Å². The summed E-state index contributed by atoms with van der Waals surface area (Å²) in [5, 5.41) is 12.6. The van der Waals surface area contributed by atoms with Crippen LogP contribution < -0.4 is 15.5 Å². The fourth-order valence-electron chi connectivity index (χ4n) is 8.48. The third-order valence-electron chi connectivity index (χ3n) is 10.8. The number of aliphatic imine (C=N–C) groups is 1. The Bertz CT molecular complexity index is 2260. The van der Waals surface area contributed by atoms with Crippen molar-refractivity contribution in [2.45, 2.75) is 56.4 Å². The van der Waals surface area contributed by atoms with Crippen LogP contribution in [0.25, 0.3) is 27.5 Å². The Morgan fingerprint density at radius 3 is 2.71 bits per heavy atom. The zero-order valence-corrected chi connectivity index (χ0v) is 28.2. The van der Waals surface area contributed by atoms with Gasteiger partial charge in [-0.1, -0.05) is 91.1 Å². The first-order chi connectivity index (χ1) is 24.3. The van der Waals surface area contributed by atoms with Crippen LogP contribution in [0, 0.1) is 0 Å². The molecule has 0 fully saturated rings. The van der Waals surface area contributed by atoms with Crippen LogP contribution in [0.3, 0.4) is 0 Å². The van der Waals surface area contributed by atoms with E-state index in [1.807, 2.05) is 11.8 Å². The van der Waals surface area contributed by atoms with Crippen LogP contribution in [0.4, 0.5) is 5.69 Å². The Morgan fingerprint density at radius 1 is 0.857 bits per heavy atom. The number of hydrogen-bond acceptors (Lipinski definition) is 5. The average molecular weight is 658 g/mol. The fourth-order valence-corrected chi connectivity index (χ4v) is 9.57. The number of nitrogens with one attached hydrogen (secondary N) is 2. The molecule has 0 radical (unpaired) electrons. The van der Waals surface area contributed by atoms with Gasteiger partial charge in [0.1, 0.15) is 18.2 Å². The van der Waals surface area contributed by atoms with Crippen molar-refractivity contribution in [3.63, 3.8) is 0 Å². The van der Waals surface area contributed by atoms with Gasteiger partial charge < -0.3 is 14.8 Å². The number of fused-ring (bicyclic) bond motifs is 6. The molecule has 0 saturated carbocycles. The molecule has 0 spiro atoms. The summed E-state index contributed by atoms with van der Waals surface area (Å²) < 4.78 is 2.47. The second kappa shape index (κ2) is 12.0. The molecule has 3 aliphatic carbocycles. The molecule has 49 heavy (non-hydrogen) atoms. The number of hydrogen-bond donors (Lipinski definition) is 2. The maximum absolute atomic E-state index is 5.31. The number of para-hydroxylation sites is 1. The summed E-state index contributed by atoms with van der Waals surface area (Å²) in [4.78, 5) is 7.93. The maximum Gasteiger partial charge on any atom is 0.131 e. The van der Waals surface area contributed by atoms with Gasteiger partial charge >= 0.3 is 0 Å². The largest absolute Gasteiger partial charge is 0.350 e. The average Bonchev–Trinajstić information content (AvgIpc) is 3.86. The number of thioether (sulfide) groups is 1. The molecule has 4 aromatic rings. The van der Waals surface area contributed by atoms with Gasteiger partial charge in [0.05, 0.1) is 17.1 Å². The van der Waals surface area contributed by atoms with Gasteiger partial charge in [-0.25, -0.2) is 4.99 Å². The molecule has 4 heterocycles. The topological polar surface area (TPSA) is 44.6 Å². The molecule has 4 unspecified atom stereocenters. The summed E-state index contributed by atoms with van der Waals surface area (Å²) in [5.41, 5.74) is 11.6. The van der Waals surface area contributed by atoms with Crippen LogP contribution >= 0.6 is 11.8 Å². The van der Waals surface area contributed by atoms with Crippen LogP contribution in [-0.2, 0) is 0 Å². The van der Waals surface area contributed by atoms with E-state index in [1.54, 1.807) is 0 Å². The van der Waals surface area contributed by atoms with Crippen LogP contribution in [-0.4, -0.2) is 34.5 Å². The number of nitrogens with zero attached hydrogens (tertiary/aromatic N) is 3. The van der Waals surface area contributed by atoms with E-state index in [9.17, 15) is 0 Å². The summed E-state index contributed by atoms with van der Waals surface area (Å²) in [6.45, 7) is 0. The van der Waals surface area contributed by atoms with E-state index < -0.39 is 0 Å². The molecule has 6 aliphatic rings. The molecule has 10 rings (SSSR count). The second-order valence-corrected chi connectivity index (χ2v) is 14.7. The molecule has 2 N–H and O–H groups in total. The number of rotatable bonds is 5. The highest BCUT2D eigenvalue weighted by Crippen LogP contribution is 2.53. The molecule has 4 atom stereocenters. The minimum Gasteiger partial charge on any atom is -0.350 e. The van der Waals surface area contributed by atoms with E-state index in [1.165, 1.54) is 49.9 Å². The quantitative estimate of drug-likeness (QED) is 0.225. The Hall–Kier alpha value is -4.78. The molecule has 0 bridgehead atoms. The number of aromatic nitrogens is 1. The van der Waals surface area contributed by atoms with Crippen molar-refractivity contribution in [1.29, 1.82) is 0 Å².